The van der Waals surface area contributed by atoms with E-state index < -0.39 is 0 Å². The number of nitrogens with one attached hydrogen (secondary N) is 1. The Morgan fingerprint density at radius 2 is 2.31 bits per heavy atom. The first-order valence-corrected chi connectivity index (χ1v) is 6.02. The molecule has 0 spiro atoms. The summed E-state index contributed by atoms with van der Waals surface area (Å²) in [6.07, 6.45) is 7.13. The van der Waals surface area contributed by atoms with Crippen molar-refractivity contribution in [2.24, 2.45) is 0 Å². The van der Waals surface area contributed by atoms with E-state index in [0.717, 1.165) is 27.4 Å². The van der Waals surface area contributed by atoms with E-state index in [1.807, 2.05) is 24.6 Å². The van der Waals surface area contributed by atoms with Crippen LogP contribution in [0.5, 0.6) is 0 Å². The highest BCUT2D eigenvalue weighted by Crippen LogP contribution is 2.32. The van der Waals surface area contributed by atoms with Crippen LogP contribution in [0.4, 0.5) is 0 Å². The molecule has 0 atom stereocenters. The van der Waals surface area contributed by atoms with Crippen LogP contribution in [0.15, 0.2) is 40.4 Å². The fraction of sp³-hybridized carbons (Fsp3) is 0.0909. The summed E-state index contributed by atoms with van der Waals surface area (Å²) < 4.78 is 5.40. The number of H-pyrrole nitrogens is 1. The van der Waals surface area contributed by atoms with Crippen molar-refractivity contribution in [3.63, 3.8) is 0 Å². The Kier molecular flexibility index (Phi) is 2.18. The zero-order chi connectivity index (χ0) is 11.0. The predicted octanol–water partition coefficient (Wildman–Crippen LogP) is 2.94. The highest BCUT2D eigenvalue weighted by molar-refractivity contribution is 7.98. The molecule has 0 aliphatic heterocycles. The first-order valence-electron chi connectivity index (χ1n) is 4.80. The molecular formula is C11H9N3OS. The molecule has 0 aliphatic rings. The minimum atomic E-state index is 0.830. The van der Waals surface area contributed by atoms with E-state index in [1.54, 1.807) is 24.4 Å². The van der Waals surface area contributed by atoms with Crippen molar-refractivity contribution in [3.8, 4) is 11.3 Å². The summed E-state index contributed by atoms with van der Waals surface area (Å²) >= 11 is 1.60. The van der Waals surface area contributed by atoms with E-state index >= 15 is 0 Å². The van der Waals surface area contributed by atoms with E-state index in [1.165, 1.54) is 0 Å². The number of aromatic amines is 1. The second kappa shape index (κ2) is 3.68. The lowest BCUT2D eigenvalue weighted by Crippen LogP contribution is -1.84. The van der Waals surface area contributed by atoms with Crippen LogP contribution in [0.3, 0.4) is 0 Å². The van der Waals surface area contributed by atoms with Gasteiger partial charge >= 0.3 is 0 Å². The van der Waals surface area contributed by atoms with Crippen molar-refractivity contribution in [1.82, 2.24) is 15.0 Å². The van der Waals surface area contributed by atoms with Gasteiger partial charge in [-0.2, -0.15) is 0 Å². The number of fused-ring (bicyclic) bond motifs is 1. The van der Waals surface area contributed by atoms with Gasteiger partial charge in [-0.15, -0.1) is 11.8 Å². The monoisotopic (exact) mass is 231 g/mol. The third-order valence-electron chi connectivity index (χ3n) is 2.42. The predicted molar refractivity (Wildman–Crippen MR) is 63.4 cm³/mol. The second-order valence-electron chi connectivity index (χ2n) is 3.29. The molecule has 0 aromatic carbocycles. The van der Waals surface area contributed by atoms with Gasteiger partial charge in [0, 0.05) is 11.8 Å². The number of hydrogen-bond acceptors (Lipinski definition) is 4. The summed E-state index contributed by atoms with van der Waals surface area (Å²) in [6, 6.07) is 3.80. The molecule has 0 radical (unpaired) electrons. The molecule has 0 fully saturated rings. The van der Waals surface area contributed by atoms with Gasteiger partial charge in [0.05, 0.1) is 11.6 Å². The molecular weight excluding hydrogens is 222 g/mol. The van der Waals surface area contributed by atoms with E-state index in [2.05, 4.69) is 15.0 Å². The van der Waals surface area contributed by atoms with Gasteiger partial charge < -0.3 is 9.40 Å². The molecule has 0 saturated carbocycles. The van der Waals surface area contributed by atoms with Gasteiger partial charge in [-0.3, -0.25) is 0 Å². The SMILES string of the molecule is CSc1ncnc2[nH]cc(-c3ccco3)c12. The smallest absolute Gasteiger partial charge is 0.142 e. The van der Waals surface area contributed by atoms with Crippen LogP contribution < -0.4 is 0 Å². The van der Waals surface area contributed by atoms with Gasteiger partial charge in [-0.25, -0.2) is 9.97 Å². The van der Waals surface area contributed by atoms with Crippen LogP contribution in [-0.2, 0) is 0 Å². The molecule has 5 heteroatoms. The third kappa shape index (κ3) is 1.32. The summed E-state index contributed by atoms with van der Waals surface area (Å²) in [6.45, 7) is 0. The Balaban J connectivity index is 2.34. The largest absolute Gasteiger partial charge is 0.464 e. The molecule has 1 N–H and O–H groups in total. The van der Waals surface area contributed by atoms with Crippen molar-refractivity contribution >= 4 is 22.8 Å². The Labute approximate surface area is 96.1 Å². The van der Waals surface area contributed by atoms with Crippen LogP contribution >= 0.6 is 11.8 Å². The average molecular weight is 231 g/mol. The zero-order valence-electron chi connectivity index (χ0n) is 8.60. The maximum absolute atomic E-state index is 5.40. The molecule has 0 aliphatic carbocycles. The van der Waals surface area contributed by atoms with Crippen molar-refractivity contribution in [3.05, 3.63) is 30.9 Å². The zero-order valence-corrected chi connectivity index (χ0v) is 9.41. The Morgan fingerprint density at radius 3 is 3.06 bits per heavy atom. The van der Waals surface area contributed by atoms with E-state index in [9.17, 15) is 0 Å². The molecule has 3 rings (SSSR count). The number of hydrogen-bond donors (Lipinski definition) is 1. The number of thioether (sulfide) groups is 1. The molecule has 3 aromatic heterocycles. The summed E-state index contributed by atoms with van der Waals surface area (Å²) in [7, 11) is 0. The summed E-state index contributed by atoms with van der Waals surface area (Å²) in [4.78, 5) is 11.6. The molecule has 16 heavy (non-hydrogen) atoms. The van der Waals surface area contributed by atoms with Gasteiger partial charge in [-0.05, 0) is 18.4 Å². The van der Waals surface area contributed by atoms with E-state index in [-0.39, 0.29) is 0 Å². The van der Waals surface area contributed by atoms with E-state index in [4.69, 9.17) is 4.42 Å². The van der Waals surface area contributed by atoms with Crippen molar-refractivity contribution < 1.29 is 4.42 Å². The average Bonchev–Trinajstić information content (AvgIpc) is 2.96. The topological polar surface area (TPSA) is 54.7 Å². The fourth-order valence-corrected chi connectivity index (χ4v) is 2.28. The lowest BCUT2D eigenvalue weighted by atomic mass is 10.2. The highest BCUT2D eigenvalue weighted by Gasteiger charge is 2.13. The maximum Gasteiger partial charge on any atom is 0.142 e. The van der Waals surface area contributed by atoms with Crippen molar-refractivity contribution in [1.29, 1.82) is 0 Å². The van der Waals surface area contributed by atoms with Crippen LogP contribution in [-0.4, -0.2) is 21.2 Å². The van der Waals surface area contributed by atoms with Crippen LogP contribution in [0.2, 0.25) is 0 Å². The molecule has 0 saturated heterocycles. The van der Waals surface area contributed by atoms with Gasteiger partial charge in [0.2, 0.25) is 0 Å². The molecule has 4 nitrogen and oxygen atoms in total. The lowest BCUT2D eigenvalue weighted by molar-refractivity contribution is 0.583. The van der Waals surface area contributed by atoms with E-state index in [0.29, 0.717) is 0 Å². The maximum atomic E-state index is 5.40. The van der Waals surface area contributed by atoms with Crippen molar-refractivity contribution in [2.75, 3.05) is 6.26 Å². The van der Waals surface area contributed by atoms with Crippen LogP contribution in [0, 0.1) is 0 Å². The number of furan rings is 1. The Bertz CT molecular complexity index is 615. The van der Waals surface area contributed by atoms with Crippen LogP contribution in [0.1, 0.15) is 0 Å². The fourth-order valence-electron chi connectivity index (χ4n) is 1.72. The van der Waals surface area contributed by atoms with Gasteiger partial charge in [0.1, 0.15) is 22.8 Å². The molecule has 0 unspecified atom stereocenters. The van der Waals surface area contributed by atoms with Crippen molar-refractivity contribution in [2.45, 2.75) is 5.03 Å². The van der Waals surface area contributed by atoms with Gasteiger partial charge in [-0.1, -0.05) is 0 Å². The highest BCUT2D eigenvalue weighted by atomic mass is 32.2. The van der Waals surface area contributed by atoms with Crippen LogP contribution in [0.25, 0.3) is 22.4 Å². The summed E-state index contributed by atoms with van der Waals surface area (Å²) in [5.41, 5.74) is 1.84. The Morgan fingerprint density at radius 1 is 1.38 bits per heavy atom. The first-order chi connectivity index (χ1) is 7.90. The first kappa shape index (κ1) is 9.47. The minimum Gasteiger partial charge on any atom is -0.464 e. The second-order valence-corrected chi connectivity index (χ2v) is 4.08. The third-order valence-corrected chi connectivity index (χ3v) is 3.11. The Hall–Kier alpha value is -1.75. The quantitative estimate of drug-likeness (QED) is 0.544. The molecule has 0 amide bonds. The standard InChI is InChI=1S/C11H9N3OS/c1-16-11-9-7(8-3-2-4-15-8)5-12-10(9)13-6-14-11/h2-6H,1H3,(H,12,13,14). The lowest BCUT2D eigenvalue weighted by Gasteiger charge is -1.99. The van der Waals surface area contributed by atoms with Gasteiger partial charge in [0.25, 0.3) is 0 Å². The molecule has 3 aromatic rings. The number of rotatable bonds is 2. The minimum absolute atomic E-state index is 0.830. The summed E-state index contributed by atoms with van der Waals surface area (Å²) in [5.74, 6) is 0.830. The summed E-state index contributed by atoms with van der Waals surface area (Å²) in [5, 5.41) is 1.97. The number of aromatic nitrogens is 3. The van der Waals surface area contributed by atoms with Gasteiger partial charge in [0.15, 0.2) is 0 Å². The molecule has 0 bridgehead atoms. The normalized spacial score (nSPS) is 11.1. The molecule has 3 heterocycles. The number of nitrogens with zero attached hydrogens (tertiary/aromatic N) is 2. The molecule has 80 valence electrons.